The molecule has 0 radical (unpaired) electrons. The average molecular weight is 516 g/mol. The minimum absolute atomic E-state index is 0. The number of nitrogens with one attached hydrogen (secondary N) is 3. The van der Waals surface area contributed by atoms with Crippen molar-refractivity contribution in [1.82, 2.24) is 16.0 Å². The molecular formula is C18H28F3IN4O2. The summed E-state index contributed by atoms with van der Waals surface area (Å²) in [6.45, 7) is 7.26. The minimum atomic E-state index is -4.37. The summed E-state index contributed by atoms with van der Waals surface area (Å²) in [5, 5.41) is 8.81. The number of amides is 1. The fourth-order valence-electron chi connectivity index (χ4n) is 1.99. The standard InChI is InChI=1S/C18H27F3N4O2.HI/c1-5-22-16(24-11-15(26)25-17(2,3)4)23-10-13-6-8-14(9-7-13)27-12-18(19,20)21;/h6-9H,5,10-12H2,1-4H3,(H,25,26)(H2,22,23,24);1H. The van der Waals surface area contributed by atoms with Crippen molar-refractivity contribution in [3.8, 4) is 5.75 Å². The van der Waals surface area contributed by atoms with Crippen molar-refractivity contribution < 1.29 is 22.7 Å². The van der Waals surface area contributed by atoms with Crippen LogP contribution in [-0.2, 0) is 11.3 Å². The zero-order valence-corrected chi connectivity index (χ0v) is 18.8. The number of guanidine groups is 1. The highest BCUT2D eigenvalue weighted by molar-refractivity contribution is 14.0. The second-order valence-electron chi connectivity index (χ2n) is 6.89. The van der Waals surface area contributed by atoms with Crippen LogP contribution in [0.4, 0.5) is 13.2 Å². The Balaban J connectivity index is 0.00000729. The van der Waals surface area contributed by atoms with Crippen molar-refractivity contribution in [2.45, 2.75) is 46.0 Å². The molecule has 0 aliphatic carbocycles. The van der Waals surface area contributed by atoms with E-state index >= 15 is 0 Å². The zero-order valence-electron chi connectivity index (χ0n) is 16.4. The van der Waals surface area contributed by atoms with E-state index in [0.717, 1.165) is 5.56 Å². The molecule has 0 fully saturated rings. The van der Waals surface area contributed by atoms with Crippen LogP contribution in [0.2, 0.25) is 0 Å². The highest BCUT2D eigenvalue weighted by Crippen LogP contribution is 2.19. The smallest absolute Gasteiger partial charge is 0.422 e. The molecule has 0 atom stereocenters. The lowest BCUT2D eigenvalue weighted by Crippen LogP contribution is -2.48. The molecule has 10 heteroatoms. The monoisotopic (exact) mass is 516 g/mol. The van der Waals surface area contributed by atoms with Gasteiger partial charge in [0.05, 0.1) is 13.1 Å². The molecule has 0 unspecified atom stereocenters. The molecule has 1 aromatic rings. The van der Waals surface area contributed by atoms with Crippen LogP contribution < -0.4 is 20.7 Å². The molecule has 1 amide bonds. The van der Waals surface area contributed by atoms with E-state index in [1.54, 1.807) is 12.1 Å². The molecule has 28 heavy (non-hydrogen) atoms. The van der Waals surface area contributed by atoms with Gasteiger partial charge in [0, 0.05) is 12.1 Å². The van der Waals surface area contributed by atoms with Crippen LogP contribution in [0.1, 0.15) is 33.3 Å². The van der Waals surface area contributed by atoms with Crippen LogP contribution in [0.15, 0.2) is 29.3 Å². The van der Waals surface area contributed by atoms with Crippen molar-refractivity contribution in [3.05, 3.63) is 29.8 Å². The molecule has 0 spiro atoms. The first-order valence-electron chi connectivity index (χ1n) is 8.60. The summed E-state index contributed by atoms with van der Waals surface area (Å²) in [5.74, 6) is 0.460. The van der Waals surface area contributed by atoms with Gasteiger partial charge in [-0.2, -0.15) is 13.2 Å². The summed E-state index contributed by atoms with van der Waals surface area (Å²) in [6, 6.07) is 6.22. The maximum atomic E-state index is 12.1. The van der Waals surface area contributed by atoms with E-state index in [0.29, 0.717) is 19.0 Å². The van der Waals surface area contributed by atoms with Crippen LogP contribution in [0.5, 0.6) is 5.75 Å². The number of nitrogens with zero attached hydrogens (tertiary/aromatic N) is 1. The second kappa shape index (κ2) is 12.0. The molecule has 0 saturated carbocycles. The van der Waals surface area contributed by atoms with E-state index in [-0.39, 0.29) is 47.7 Å². The highest BCUT2D eigenvalue weighted by Gasteiger charge is 2.28. The lowest BCUT2D eigenvalue weighted by Gasteiger charge is -2.21. The number of ether oxygens (including phenoxy) is 1. The Bertz CT molecular complexity index is 629. The molecule has 3 N–H and O–H groups in total. The fourth-order valence-corrected chi connectivity index (χ4v) is 1.99. The van der Waals surface area contributed by atoms with E-state index in [4.69, 9.17) is 0 Å². The first-order valence-corrected chi connectivity index (χ1v) is 8.60. The second-order valence-corrected chi connectivity index (χ2v) is 6.89. The Morgan fingerprint density at radius 2 is 1.71 bits per heavy atom. The van der Waals surface area contributed by atoms with E-state index in [1.807, 2.05) is 27.7 Å². The van der Waals surface area contributed by atoms with Gasteiger partial charge in [-0.05, 0) is 45.4 Å². The van der Waals surface area contributed by atoms with E-state index in [1.165, 1.54) is 12.1 Å². The molecular weight excluding hydrogens is 488 g/mol. The first kappa shape index (κ1) is 26.3. The Morgan fingerprint density at radius 1 is 1.11 bits per heavy atom. The van der Waals surface area contributed by atoms with E-state index in [9.17, 15) is 18.0 Å². The lowest BCUT2D eigenvalue weighted by molar-refractivity contribution is -0.153. The third-order valence-corrected chi connectivity index (χ3v) is 3.02. The molecule has 6 nitrogen and oxygen atoms in total. The number of hydrogen-bond acceptors (Lipinski definition) is 3. The third-order valence-electron chi connectivity index (χ3n) is 3.02. The van der Waals surface area contributed by atoms with Crippen LogP contribution in [0, 0.1) is 0 Å². The van der Waals surface area contributed by atoms with Crippen molar-refractivity contribution in [2.75, 3.05) is 19.7 Å². The van der Waals surface area contributed by atoms with Crippen LogP contribution in [0.25, 0.3) is 0 Å². The molecule has 1 rings (SSSR count). The van der Waals surface area contributed by atoms with Gasteiger partial charge < -0.3 is 20.7 Å². The minimum Gasteiger partial charge on any atom is -0.484 e. The predicted octanol–water partition coefficient (Wildman–Crippen LogP) is 3.22. The number of halogens is 4. The number of benzene rings is 1. The third kappa shape index (κ3) is 12.6. The summed E-state index contributed by atoms with van der Waals surface area (Å²) in [6.07, 6.45) is -4.37. The average Bonchev–Trinajstić information content (AvgIpc) is 2.54. The van der Waals surface area contributed by atoms with Gasteiger partial charge in [-0.3, -0.25) is 4.79 Å². The van der Waals surface area contributed by atoms with Crippen LogP contribution in [0.3, 0.4) is 0 Å². The van der Waals surface area contributed by atoms with Gasteiger partial charge in [-0.25, -0.2) is 4.99 Å². The lowest BCUT2D eigenvalue weighted by atomic mass is 10.1. The van der Waals surface area contributed by atoms with Gasteiger partial charge in [0.25, 0.3) is 0 Å². The van der Waals surface area contributed by atoms with Gasteiger partial charge in [-0.15, -0.1) is 24.0 Å². The molecule has 0 heterocycles. The molecule has 0 aliphatic heterocycles. The number of aliphatic imine (C=N–C) groups is 1. The fraction of sp³-hybridized carbons (Fsp3) is 0.556. The molecule has 0 aromatic heterocycles. The summed E-state index contributed by atoms with van der Waals surface area (Å²) < 4.78 is 41.1. The summed E-state index contributed by atoms with van der Waals surface area (Å²) >= 11 is 0. The summed E-state index contributed by atoms with van der Waals surface area (Å²) in [5.41, 5.74) is 0.482. The highest BCUT2D eigenvalue weighted by atomic mass is 127. The van der Waals surface area contributed by atoms with Crippen LogP contribution in [-0.4, -0.2) is 43.3 Å². The topological polar surface area (TPSA) is 74.8 Å². The van der Waals surface area contributed by atoms with E-state index in [2.05, 4.69) is 25.7 Å². The Kier molecular flexibility index (Phi) is 11.2. The van der Waals surface area contributed by atoms with Crippen molar-refractivity contribution in [3.63, 3.8) is 0 Å². The quantitative estimate of drug-likeness (QED) is 0.296. The van der Waals surface area contributed by atoms with E-state index < -0.39 is 12.8 Å². The number of rotatable bonds is 7. The van der Waals surface area contributed by atoms with Gasteiger partial charge in [0.15, 0.2) is 12.6 Å². The Labute approximate surface area is 180 Å². The SMILES string of the molecule is CCNC(=NCc1ccc(OCC(F)(F)F)cc1)NCC(=O)NC(C)(C)C.I. The Hall–Kier alpha value is -1.72. The number of carbonyl (C=O) groups is 1. The summed E-state index contributed by atoms with van der Waals surface area (Å²) in [4.78, 5) is 16.2. The normalized spacial score (nSPS) is 12.0. The van der Waals surface area contributed by atoms with Gasteiger partial charge in [0.2, 0.25) is 5.91 Å². The molecule has 1 aromatic carbocycles. The zero-order chi connectivity index (χ0) is 20.5. The maximum Gasteiger partial charge on any atom is 0.422 e. The maximum absolute atomic E-state index is 12.1. The predicted molar refractivity (Wildman–Crippen MR) is 114 cm³/mol. The van der Waals surface area contributed by atoms with Gasteiger partial charge in [0.1, 0.15) is 5.75 Å². The largest absolute Gasteiger partial charge is 0.484 e. The van der Waals surface area contributed by atoms with Gasteiger partial charge in [-0.1, -0.05) is 12.1 Å². The molecule has 0 bridgehead atoms. The molecule has 160 valence electrons. The Morgan fingerprint density at radius 3 is 2.21 bits per heavy atom. The summed E-state index contributed by atoms with van der Waals surface area (Å²) in [7, 11) is 0. The van der Waals surface area contributed by atoms with Gasteiger partial charge >= 0.3 is 6.18 Å². The van der Waals surface area contributed by atoms with Crippen LogP contribution >= 0.6 is 24.0 Å². The van der Waals surface area contributed by atoms with Crippen molar-refractivity contribution in [1.29, 1.82) is 0 Å². The molecule has 0 aliphatic rings. The molecule has 0 saturated heterocycles. The number of alkyl halides is 3. The number of hydrogen-bond donors (Lipinski definition) is 3. The van der Waals surface area contributed by atoms with Crippen molar-refractivity contribution >= 4 is 35.8 Å². The first-order chi connectivity index (χ1) is 12.5. The number of carbonyl (C=O) groups excluding carboxylic acids is 1. The van der Waals surface area contributed by atoms with Crippen molar-refractivity contribution in [2.24, 2.45) is 4.99 Å².